The van der Waals surface area contributed by atoms with Crippen molar-refractivity contribution in [2.24, 2.45) is 5.73 Å². The van der Waals surface area contributed by atoms with Crippen LogP contribution in [0.15, 0.2) is 12.2 Å². The molecule has 0 bridgehead atoms. The van der Waals surface area contributed by atoms with Gasteiger partial charge in [-0.15, -0.1) is 0 Å². The highest BCUT2D eigenvalue weighted by Gasteiger charge is 2.08. The van der Waals surface area contributed by atoms with E-state index < -0.39 is 0 Å². The largest absolute Gasteiger partial charge is 0.327 e. The average Bonchev–Trinajstić information content (AvgIpc) is 2.04. The number of nitrogens with zero attached hydrogens (tertiary/aromatic N) is 2. The number of rotatable bonds is 5. The number of likely N-dealkylation sites (N-methyl/N-ethyl adjacent to an activating group) is 1. The number of hydrogen-bond acceptors (Lipinski definition) is 3. The number of nitrogens with two attached hydrogens (primary N) is 1. The Bertz CT molecular complexity index is 181. The Morgan fingerprint density at radius 2 is 2.33 bits per heavy atom. The summed E-state index contributed by atoms with van der Waals surface area (Å²) >= 11 is 0. The summed E-state index contributed by atoms with van der Waals surface area (Å²) in [4.78, 5) is 2.08. The molecular formula is C9H17N3. The maximum absolute atomic E-state index is 8.45. The molecule has 0 saturated heterocycles. The van der Waals surface area contributed by atoms with E-state index in [9.17, 15) is 0 Å². The van der Waals surface area contributed by atoms with Gasteiger partial charge in [0.15, 0.2) is 0 Å². The first-order valence-electron chi connectivity index (χ1n) is 4.05. The molecule has 3 heteroatoms. The summed E-state index contributed by atoms with van der Waals surface area (Å²) < 4.78 is 0. The Balaban J connectivity index is 3.79. The summed E-state index contributed by atoms with van der Waals surface area (Å²) in [6.07, 6.45) is 0.550. The summed E-state index contributed by atoms with van der Waals surface area (Å²) in [5.41, 5.74) is 6.41. The van der Waals surface area contributed by atoms with E-state index in [-0.39, 0.29) is 6.04 Å². The predicted molar refractivity (Wildman–Crippen MR) is 50.5 cm³/mol. The molecule has 0 aliphatic heterocycles. The van der Waals surface area contributed by atoms with Gasteiger partial charge < -0.3 is 5.73 Å². The minimum atomic E-state index is 0.276. The highest BCUT2D eigenvalue weighted by atomic mass is 15.1. The summed E-state index contributed by atoms with van der Waals surface area (Å²) in [7, 11) is 1.98. The van der Waals surface area contributed by atoms with Gasteiger partial charge in [-0.05, 0) is 19.5 Å². The van der Waals surface area contributed by atoms with E-state index in [1.165, 1.54) is 0 Å². The predicted octanol–water partition coefficient (Wildman–Crippen LogP) is 0.735. The molecule has 0 aromatic rings. The van der Waals surface area contributed by atoms with Crippen LogP contribution in [0.3, 0.4) is 0 Å². The van der Waals surface area contributed by atoms with E-state index >= 15 is 0 Å². The van der Waals surface area contributed by atoms with E-state index in [2.05, 4.69) is 17.5 Å². The monoisotopic (exact) mass is 167 g/mol. The van der Waals surface area contributed by atoms with Gasteiger partial charge in [0.2, 0.25) is 0 Å². The third kappa shape index (κ3) is 4.12. The molecule has 2 N–H and O–H groups in total. The zero-order valence-electron chi connectivity index (χ0n) is 7.88. The van der Waals surface area contributed by atoms with Gasteiger partial charge in [0, 0.05) is 19.1 Å². The normalized spacial score (nSPS) is 12.6. The molecule has 0 fully saturated rings. The molecule has 0 heterocycles. The van der Waals surface area contributed by atoms with Gasteiger partial charge in [-0.1, -0.05) is 6.58 Å². The molecule has 1 atom stereocenters. The lowest BCUT2D eigenvalue weighted by Crippen LogP contribution is -2.31. The van der Waals surface area contributed by atoms with Crippen molar-refractivity contribution in [3.63, 3.8) is 0 Å². The Morgan fingerprint density at radius 3 is 2.75 bits per heavy atom. The van der Waals surface area contributed by atoms with Crippen molar-refractivity contribution in [2.75, 3.05) is 20.1 Å². The van der Waals surface area contributed by atoms with Gasteiger partial charge in [0.1, 0.15) is 0 Å². The molecular weight excluding hydrogens is 150 g/mol. The smallest absolute Gasteiger partial charge is 0.0638 e. The maximum atomic E-state index is 8.45. The zero-order valence-corrected chi connectivity index (χ0v) is 7.88. The molecule has 12 heavy (non-hydrogen) atoms. The van der Waals surface area contributed by atoms with E-state index in [0.717, 1.165) is 12.1 Å². The van der Waals surface area contributed by atoms with Gasteiger partial charge in [-0.25, -0.2) is 0 Å². The Morgan fingerprint density at radius 1 is 1.75 bits per heavy atom. The van der Waals surface area contributed by atoms with Crippen LogP contribution in [-0.4, -0.2) is 31.1 Å². The molecule has 0 saturated carbocycles. The van der Waals surface area contributed by atoms with Gasteiger partial charge in [0.25, 0.3) is 0 Å². The zero-order chi connectivity index (χ0) is 9.56. The van der Waals surface area contributed by atoms with Crippen molar-refractivity contribution < 1.29 is 0 Å². The van der Waals surface area contributed by atoms with Gasteiger partial charge in [-0.2, -0.15) is 5.26 Å². The fourth-order valence-corrected chi connectivity index (χ4v) is 0.861. The van der Waals surface area contributed by atoms with Crippen LogP contribution in [0.5, 0.6) is 0 Å². The second-order valence-corrected chi connectivity index (χ2v) is 3.08. The first-order chi connectivity index (χ1) is 5.61. The first-order valence-corrected chi connectivity index (χ1v) is 4.05. The third-order valence-electron chi connectivity index (χ3n) is 1.90. The van der Waals surface area contributed by atoms with Crippen molar-refractivity contribution in [1.29, 1.82) is 5.26 Å². The van der Waals surface area contributed by atoms with Crippen LogP contribution in [0.4, 0.5) is 0 Å². The molecule has 3 nitrogen and oxygen atoms in total. The lowest BCUT2D eigenvalue weighted by molar-refractivity contribution is 0.281. The van der Waals surface area contributed by atoms with Crippen molar-refractivity contribution in [3.8, 4) is 6.07 Å². The van der Waals surface area contributed by atoms with Crippen LogP contribution in [0, 0.1) is 11.3 Å². The number of hydrogen-bond donors (Lipinski definition) is 1. The Labute approximate surface area is 74.5 Å². The van der Waals surface area contributed by atoms with Crippen molar-refractivity contribution in [2.45, 2.75) is 19.4 Å². The van der Waals surface area contributed by atoms with Gasteiger partial charge in [0.05, 0.1) is 12.5 Å². The molecule has 0 aliphatic carbocycles. The SMILES string of the molecule is C=C(CN)CN(C)C(C)CC#N. The van der Waals surface area contributed by atoms with E-state index in [0.29, 0.717) is 13.0 Å². The molecule has 0 spiro atoms. The second-order valence-electron chi connectivity index (χ2n) is 3.08. The van der Waals surface area contributed by atoms with Crippen LogP contribution < -0.4 is 5.73 Å². The third-order valence-corrected chi connectivity index (χ3v) is 1.90. The average molecular weight is 167 g/mol. The van der Waals surface area contributed by atoms with Crippen LogP contribution in [0.25, 0.3) is 0 Å². The molecule has 68 valence electrons. The van der Waals surface area contributed by atoms with Crippen LogP contribution >= 0.6 is 0 Å². The summed E-state index contributed by atoms with van der Waals surface area (Å²) in [6.45, 7) is 7.12. The van der Waals surface area contributed by atoms with E-state index in [4.69, 9.17) is 11.0 Å². The number of nitriles is 1. The van der Waals surface area contributed by atoms with E-state index in [1.807, 2.05) is 14.0 Å². The molecule has 0 aromatic carbocycles. The first kappa shape index (κ1) is 11.2. The van der Waals surface area contributed by atoms with Crippen LogP contribution in [-0.2, 0) is 0 Å². The highest BCUT2D eigenvalue weighted by Crippen LogP contribution is 2.02. The Hall–Kier alpha value is -0.850. The van der Waals surface area contributed by atoms with Crippen molar-refractivity contribution in [1.82, 2.24) is 4.90 Å². The molecule has 1 unspecified atom stereocenters. The van der Waals surface area contributed by atoms with Gasteiger partial charge in [-0.3, -0.25) is 4.90 Å². The lowest BCUT2D eigenvalue weighted by Gasteiger charge is -2.22. The standard InChI is InChI=1S/C9H17N3/c1-8(6-11)7-12(3)9(2)4-5-10/h9H,1,4,6-7,11H2,2-3H3. The quantitative estimate of drug-likeness (QED) is 0.614. The minimum absolute atomic E-state index is 0.276. The van der Waals surface area contributed by atoms with Crippen molar-refractivity contribution >= 4 is 0 Å². The summed E-state index contributed by atoms with van der Waals surface area (Å²) in [6, 6.07) is 2.41. The minimum Gasteiger partial charge on any atom is -0.327 e. The summed E-state index contributed by atoms with van der Waals surface area (Å²) in [5.74, 6) is 0. The molecule has 0 aromatic heterocycles. The van der Waals surface area contributed by atoms with Gasteiger partial charge >= 0.3 is 0 Å². The fourth-order valence-electron chi connectivity index (χ4n) is 0.861. The maximum Gasteiger partial charge on any atom is 0.0638 e. The van der Waals surface area contributed by atoms with Crippen LogP contribution in [0.1, 0.15) is 13.3 Å². The second kappa shape index (κ2) is 5.76. The van der Waals surface area contributed by atoms with Crippen molar-refractivity contribution in [3.05, 3.63) is 12.2 Å². The topological polar surface area (TPSA) is 53.0 Å². The van der Waals surface area contributed by atoms with E-state index in [1.54, 1.807) is 0 Å². The molecule has 0 aliphatic rings. The summed E-state index contributed by atoms with van der Waals surface area (Å²) in [5, 5.41) is 8.45. The molecule has 0 rings (SSSR count). The van der Waals surface area contributed by atoms with Crippen LogP contribution in [0.2, 0.25) is 0 Å². The molecule has 0 amide bonds. The lowest BCUT2D eigenvalue weighted by atomic mass is 10.2. The highest BCUT2D eigenvalue weighted by molar-refractivity contribution is 4.99. The Kier molecular flexibility index (Phi) is 5.35. The molecule has 0 radical (unpaired) electrons. The fraction of sp³-hybridized carbons (Fsp3) is 0.667.